The van der Waals surface area contributed by atoms with Crippen molar-refractivity contribution in [3.63, 3.8) is 0 Å². The summed E-state index contributed by atoms with van der Waals surface area (Å²) in [6, 6.07) is 0.267. The van der Waals surface area contributed by atoms with Crippen molar-refractivity contribution in [3.05, 3.63) is 0 Å². The van der Waals surface area contributed by atoms with Crippen LogP contribution in [0.15, 0.2) is 0 Å². The van der Waals surface area contributed by atoms with E-state index in [-0.39, 0.29) is 6.04 Å². The van der Waals surface area contributed by atoms with Gasteiger partial charge in [0.1, 0.15) is 0 Å². The molecule has 0 aliphatic heterocycles. The van der Waals surface area contributed by atoms with Gasteiger partial charge in [-0.05, 0) is 19.4 Å². The molecular formula is C13H29NO4. The molecule has 1 unspecified atom stereocenters. The van der Waals surface area contributed by atoms with Gasteiger partial charge in [-0.2, -0.15) is 0 Å². The average Bonchev–Trinajstić information content (AvgIpc) is 2.39. The summed E-state index contributed by atoms with van der Waals surface area (Å²) < 4.78 is 21.0. The fourth-order valence-electron chi connectivity index (χ4n) is 1.47. The van der Waals surface area contributed by atoms with Crippen LogP contribution >= 0.6 is 0 Å². The first-order valence-corrected chi connectivity index (χ1v) is 6.71. The largest absolute Gasteiger partial charge is 0.385 e. The van der Waals surface area contributed by atoms with Crippen molar-refractivity contribution < 1.29 is 18.9 Å². The lowest BCUT2D eigenvalue weighted by Gasteiger charge is -2.17. The topological polar surface area (TPSA) is 49.0 Å². The molecule has 110 valence electrons. The molecule has 0 spiro atoms. The molecule has 0 saturated heterocycles. The third-order valence-corrected chi connectivity index (χ3v) is 2.38. The van der Waals surface area contributed by atoms with Crippen LogP contribution in [-0.2, 0) is 18.9 Å². The van der Waals surface area contributed by atoms with Gasteiger partial charge in [0.25, 0.3) is 0 Å². The summed E-state index contributed by atoms with van der Waals surface area (Å²) in [5.74, 6) is 0. The monoisotopic (exact) mass is 263 g/mol. The Morgan fingerprint density at radius 3 is 2.33 bits per heavy atom. The molecule has 1 N–H and O–H groups in total. The van der Waals surface area contributed by atoms with Crippen LogP contribution in [0.25, 0.3) is 0 Å². The van der Waals surface area contributed by atoms with Gasteiger partial charge in [-0.15, -0.1) is 0 Å². The minimum absolute atomic E-state index is 0.267. The Hall–Kier alpha value is -0.200. The van der Waals surface area contributed by atoms with Crippen LogP contribution in [0, 0.1) is 0 Å². The normalized spacial score (nSPS) is 12.8. The van der Waals surface area contributed by atoms with Gasteiger partial charge in [-0.3, -0.25) is 0 Å². The molecule has 0 heterocycles. The molecule has 0 aromatic rings. The van der Waals surface area contributed by atoms with Crippen molar-refractivity contribution in [1.29, 1.82) is 0 Å². The molecule has 1 atom stereocenters. The van der Waals surface area contributed by atoms with Crippen molar-refractivity contribution in [1.82, 2.24) is 5.32 Å². The maximum atomic E-state index is 5.55. The van der Waals surface area contributed by atoms with Crippen LogP contribution in [0.1, 0.15) is 19.8 Å². The van der Waals surface area contributed by atoms with Crippen molar-refractivity contribution >= 4 is 0 Å². The predicted octanol–water partition coefficient (Wildman–Crippen LogP) is 1.07. The molecule has 0 aliphatic rings. The number of rotatable bonds is 14. The van der Waals surface area contributed by atoms with E-state index in [2.05, 4.69) is 12.2 Å². The first-order chi connectivity index (χ1) is 8.85. The van der Waals surface area contributed by atoms with Gasteiger partial charge in [0.15, 0.2) is 0 Å². The van der Waals surface area contributed by atoms with Crippen LogP contribution in [0.3, 0.4) is 0 Å². The van der Waals surface area contributed by atoms with Crippen molar-refractivity contribution in [2.24, 2.45) is 0 Å². The lowest BCUT2D eigenvalue weighted by molar-refractivity contribution is 0.0228. The zero-order valence-corrected chi connectivity index (χ0v) is 12.1. The molecule has 0 saturated carbocycles. The van der Waals surface area contributed by atoms with Crippen LogP contribution in [0.5, 0.6) is 0 Å². The van der Waals surface area contributed by atoms with Gasteiger partial charge >= 0.3 is 0 Å². The van der Waals surface area contributed by atoms with E-state index in [1.807, 2.05) is 0 Å². The van der Waals surface area contributed by atoms with E-state index in [4.69, 9.17) is 18.9 Å². The maximum absolute atomic E-state index is 5.55. The summed E-state index contributed by atoms with van der Waals surface area (Å²) in [7, 11) is 3.40. The Balaban J connectivity index is 3.31. The fourth-order valence-corrected chi connectivity index (χ4v) is 1.47. The molecule has 0 bridgehead atoms. The van der Waals surface area contributed by atoms with Crippen LogP contribution in [-0.4, -0.2) is 66.4 Å². The fraction of sp³-hybridized carbons (Fsp3) is 1.00. The molecule has 5 heteroatoms. The second-order valence-electron chi connectivity index (χ2n) is 4.14. The summed E-state index contributed by atoms with van der Waals surface area (Å²) in [4.78, 5) is 0. The van der Waals surface area contributed by atoms with E-state index in [1.54, 1.807) is 14.2 Å². The van der Waals surface area contributed by atoms with Crippen molar-refractivity contribution in [3.8, 4) is 0 Å². The Kier molecular flexibility index (Phi) is 14.7. The first kappa shape index (κ1) is 17.8. The first-order valence-electron chi connectivity index (χ1n) is 6.71. The molecule has 18 heavy (non-hydrogen) atoms. The summed E-state index contributed by atoms with van der Waals surface area (Å²) >= 11 is 0. The second kappa shape index (κ2) is 14.9. The Bertz CT molecular complexity index is 158. The van der Waals surface area contributed by atoms with E-state index in [0.29, 0.717) is 26.4 Å². The maximum Gasteiger partial charge on any atom is 0.0701 e. The van der Waals surface area contributed by atoms with Crippen molar-refractivity contribution in [2.75, 3.05) is 60.4 Å². The summed E-state index contributed by atoms with van der Waals surface area (Å²) in [6.45, 7) is 7.21. The molecule has 0 rings (SSSR count). The molecule has 0 fully saturated rings. The van der Waals surface area contributed by atoms with Crippen molar-refractivity contribution in [2.45, 2.75) is 25.8 Å². The molecule has 0 aliphatic carbocycles. The standard InChI is InChI=1S/C13H29NO4/c1-4-6-14-13(11-16-3)12-18-10-9-17-8-5-7-15-2/h13-14H,4-12H2,1-3H3. The average molecular weight is 263 g/mol. The molecule has 0 aromatic heterocycles. The van der Waals surface area contributed by atoms with Crippen LogP contribution in [0.4, 0.5) is 0 Å². The highest BCUT2D eigenvalue weighted by Crippen LogP contribution is 1.90. The third-order valence-electron chi connectivity index (χ3n) is 2.38. The molecule has 0 amide bonds. The van der Waals surface area contributed by atoms with Gasteiger partial charge in [0.05, 0.1) is 32.5 Å². The highest BCUT2D eigenvalue weighted by Gasteiger charge is 2.06. The van der Waals surface area contributed by atoms with Gasteiger partial charge in [0.2, 0.25) is 0 Å². The zero-order chi connectivity index (χ0) is 13.5. The number of hydrogen-bond donors (Lipinski definition) is 1. The van der Waals surface area contributed by atoms with E-state index >= 15 is 0 Å². The SMILES string of the molecule is CCCNC(COC)COCCOCCCOC. The predicted molar refractivity (Wildman–Crippen MR) is 72.1 cm³/mol. The Labute approximate surface area is 111 Å². The van der Waals surface area contributed by atoms with Gasteiger partial charge < -0.3 is 24.3 Å². The van der Waals surface area contributed by atoms with E-state index in [9.17, 15) is 0 Å². The number of methoxy groups -OCH3 is 2. The lowest BCUT2D eigenvalue weighted by atomic mass is 10.3. The van der Waals surface area contributed by atoms with Gasteiger partial charge in [-0.25, -0.2) is 0 Å². The van der Waals surface area contributed by atoms with Gasteiger partial charge in [-0.1, -0.05) is 6.92 Å². The zero-order valence-electron chi connectivity index (χ0n) is 12.1. The smallest absolute Gasteiger partial charge is 0.0701 e. The summed E-state index contributed by atoms with van der Waals surface area (Å²) in [6.07, 6.45) is 2.05. The van der Waals surface area contributed by atoms with E-state index in [1.165, 1.54) is 0 Å². The Morgan fingerprint density at radius 2 is 1.67 bits per heavy atom. The summed E-state index contributed by atoms with van der Waals surface area (Å²) in [5.41, 5.74) is 0. The third kappa shape index (κ3) is 12.3. The Morgan fingerprint density at radius 1 is 0.889 bits per heavy atom. The number of hydrogen-bond acceptors (Lipinski definition) is 5. The summed E-state index contributed by atoms with van der Waals surface area (Å²) in [5, 5.41) is 3.38. The van der Waals surface area contributed by atoms with Crippen LogP contribution in [0.2, 0.25) is 0 Å². The second-order valence-corrected chi connectivity index (χ2v) is 4.14. The molecular weight excluding hydrogens is 234 g/mol. The molecule has 5 nitrogen and oxygen atoms in total. The molecule has 0 radical (unpaired) electrons. The number of ether oxygens (including phenoxy) is 4. The van der Waals surface area contributed by atoms with Gasteiger partial charge in [0, 0.05) is 27.4 Å². The van der Waals surface area contributed by atoms with Crippen LogP contribution < -0.4 is 5.32 Å². The van der Waals surface area contributed by atoms with E-state index < -0.39 is 0 Å². The highest BCUT2D eigenvalue weighted by atomic mass is 16.5. The van der Waals surface area contributed by atoms with E-state index in [0.717, 1.165) is 32.6 Å². The molecule has 0 aromatic carbocycles. The quantitative estimate of drug-likeness (QED) is 0.475. The lowest BCUT2D eigenvalue weighted by Crippen LogP contribution is -2.38. The number of nitrogens with one attached hydrogen (secondary N) is 1. The highest BCUT2D eigenvalue weighted by molar-refractivity contribution is 4.64. The minimum atomic E-state index is 0.267. The minimum Gasteiger partial charge on any atom is -0.385 e.